The molecule has 2 rings (SSSR count). The van der Waals surface area contributed by atoms with E-state index >= 15 is 0 Å². The van der Waals surface area contributed by atoms with E-state index in [1.807, 2.05) is 30.3 Å². The molecule has 0 aliphatic rings. The Bertz CT molecular complexity index is 581. The molecule has 0 saturated heterocycles. The zero-order valence-corrected chi connectivity index (χ0v) is 13.7. The maximum absolute atomic E-state index is 7.62. The van der Waals surface area contributed by atoms with E-state index in [2.05, 4.69) is 52.1 Å². The highest BCUT2D eigenvalue weighted by Gasteiger charge is 2.18. The minimum atomic E-state index is 0.118. The maximum atomic E-state index is 7.62. The summed E-state index contributed by atoms with van der Waals surface area (Å²) < 4.78 is 1.08. The number of benzene rings is 2. The van der Waals surface area contributed by atoms with Gasteiger partial charge in [0.1, 0.15) is 0 Å². The van der Waals surface area contributed by atoms with Crippen molar-refractivity contribution in [3.05, 3.63) is 70.2 Å². The first kappa shape index (κ1) is 15.7. The molecule has 0 aromatic heterocycles. The molecule has 0 heterocycles. The molecule has 0 aliphatic heterocycles. The van der Waals surface area contributed by atoms with Crippen molar-refractivity contribution >= 4 is 21.8 Å². The SMILES string of the molecule is CN(Cc1ccc(Br)cc1)C(CC(=N)N)c1ccccc1. The van der Waals surface area contributed by atoms with Crippen LogP contribution in [0.1, 0.15) is 23.6 Å². The molecule has 0 fully saturated rings. The summed E-state index contributed by atoms with van der Waals surface area (Å²) in [6.07, 6.45) is 0.539. The number of nitrogens with two attached hydrogens (primary N) is 1. The molecule has 0 spiro atoms. The molecule has 2 aromatic rings. The van der Waals surface area contributed by atoms with E-state index in [0.29, 0.717) is 6.42 Å². The Labute approximate surface area is 134 Å². The fourth-order valence-electron chi connectivity index (χ4n) is 2.40. The van der Waals surface area contributed by atoms with Crippen LogP contribution in [0.25, 0.3) is 0 Å². The third-order valence-electron chi connectivity index (χ3n) is 3.47. The molecule has 2 aromatic carbocycles. The van der Waals surface area contributed by atoms with Gasteiger partial charge >= 0.3 is 0 Å². The predicted octanol–water partition coefficient (Wildman–Crippen LogP) is 3.95. The molecule has 1 unspecified atom stereocenters. The van der Waals surface area contributed by atoms with Crippen molar-refractivity contribution in [1.82, 2.24) is 4.90 Å². The monoisotopic (exact) mass is 345 g/mol. The zero-order valence-electron chi connectivity index (χ0n) is 12.1. The molecule has 0 aliphatic carbocycles. The molecule has 0 radical (unpaired) electrons. The minimum absolute atomic E-state index is 0.118. The van der Waals surface area contributed by atoms with Gasteiger partial charge in [-0.3, -0.25) is 10.3 Å². The Morgan fingerprint density at radius 1 is 1.14 bits per heavy atom. The van der Waals surface area contributed by atoms with E-state index in [1.165, 1.54) is 11.1 Å². The maximum Gasteiger partial charge on any atom is 0.0924 e. The molecule has 3 nitrogen and oxygen atoms in total. The molecular formula is C17H20BrN3. The van der Waals surface area contributed by atoms with Gasteiger partial charge in [0.2, 0.25) is 0 Å². The Kier molecular flexibility index (Phi) is 5.53. The molecule has 0 bridgehead atoms. The standard InChI is InChI=1S/C17H20BrN3/c1-21(12-13-7-9-15(18)10-8-13)16(11-17(19)20)14-5-3-2-4-6-14/h2-10,16H,11-12H2,1H3,(H3,19,20). The van der Waals surface area contributed by atoms with Gasteiger partial charge < -0.3 is 5.73 Å². The number of hydrogen-bond donors (Lipinski definition) is 2. The van der Waals surface area contributed by atoms with Crippen LogP contribution in [0, 0.1) is 5.41 Å². The first-order valence-electron chi connectivity index (χ1n) is 6.89. The van der Waals surface area contributed by atoms with Crippen LogP contribution in [-0.2, 0) is 6.54 Å². The largest absolute Gasteiger partial charge is 0.388 e. The van der Waals surface area contributed by atoms with Crippen LogP contribution in [0.2, 0.25) is 0 Å². The second-order valence-electron chi connectivity index (χ2n) is 5.20. The molecule has 3 N–H and O–H groups in total. The van der Waals surface area contributed by atoms with E-state index in [1.54, 1.807) is 0 Å². The summed E-state index contributed by atoms with van der Waals surface area (Å²) >= 11 is 3.45. The van der Waals surface area contributed by atoms with Gasteiger partial charge in [-0.15, -0.1) is 0 Å². The van der Waals surface area contributed by atoms with Crippen molar-refractivity contribution in [2.24, 2.45) is 5.73 Å². The Balaban J connectivity index is 2.16. The van der Waals surface area contributed by atoms with Gasteiger partial charge in [0.15, 0.2) is 0 Å². The molecule has 110 valence electrons. The highest BCUT2D eigenvalue weighted by Crippen LogP contribution is 2.24. The van der Waals surface area contributed by atoms with Gasteiger partial charge in [0, 0.05) is 23.5 Å². The van der Waals surface area contributed by atoms with Gasteiger partial charge in [-0.25, -0.2) is 0 Å². The molecule has 0 saturated carbocycles. The van der Waals surface area contributed by atoms with Crippen LogP contribution in [0.5, 0.6) is 0 Å². The summed E-state index contributed by atoms with van der Waals surface area (Å²) in [4.78, 5) is 2.24. The highest BCUT2D eigenvalue weighted by atomic mass is 79.9. The van der Waals surface area contributed by atoms with Crippen molar-refractivity contribution in [2.75, 3.05) is 7.05 Å². The number of amidine groups is 1. The van der Waals surface area contributed by atoms with Gasteiger partial charge in [-0.1, -0.05) is 58.4 Å². The summed E-state index contributed by atoms with van der Waals surface area (Å²) in [7, 11) is 2.07. The zero-order chi connectivity index (χ0) is 15.2. The molecule has 21 heavy (non-hydrogen) atoms. The van der Waals surface area contributed by atoms with Crippen molar-refractivity contribution < 1.29 is 0 Å². The van der Waals surface area contributed by atoms with Crippen LogP contribution in [-0.4, -0.2) is 17.8 Å². The Morgan fingerprint density at radius 3 is 2.33 bits per heavy atom. The molecule has 1 atom stereocenters. The lowest BCUT2D eigenvalue weighted by Gasteiger charge is -2.28. The Morgan fingerprint density at radius 2 is 1.76 bits per heavy atom. The fourth-order valence-corrected chi connectivity index (χ4v) is 2.66. The number of nitrogens with zero attached hydrogens (tertiary/aromatic N) is 1. The summed E-state index contributed by atoms with van der Waals surface area (Å²) in [5.74, 6) is 0.214. The van der Waals surface area contributed by atoms with E-state index in [-0.39, 0.29) is 11.9 Å². The van der Waals surface area contributed by atoms with Crippen LogP contribution in [0.3, 0.4) is 0 Å². The number of rotatable bonds is 6. The molecule has 4 heteroatoms. The average molecular weight is 346 g/mol. The number of hydrogen-bond acceptors (Lipinski definition) is 2. The normalized spacial score (nSPS) is 12.3. The third kappa shape index (κ3) is 4.69. The van der Waals surface area contributed by atoms with Gasteiger partial charge in [-0.05, 0) is 30.3 Å². The Hall–Kier alpha value is -1.65. The lowest BCUT2D eigenvalue weighted by molar-refractivity contribution is 0.241. The minimum Gasteiger partial charge on any atom is -0.388 e. The topological polar surface area (TPSA) is 53.1 Å². The highest BCUT2D eigenvalue weighted by molar-refractivity contribution is 9.10. The van der Waals surface area contributed by atoms with E-state index in [0.717, 1.165) is 11.0 Å². The quantitative estimate of drug-likeness (QED) is 0.615. The number of halogens is 1. The van der Waals surface area contributed by atoms with E-state index in [9.17, 15) is 0 Å². The van der Waals surface area contributed by atoms with Gasteiger partial charge in [0.25, 0.3) is 0 Å². The first-order chi connectivity index (χ1) is 10.1. The van der Waals surface area contributed by atoms with Crippen LogP contribution in [0.15, 0.2) is 59.1 Å². The number of nitrogens with one attached hydrogen (secondary N) is 1. The summed E-state index contributed by atoms with van der Waals surface area (Å²) in [6, 6.07) is 18.7. The van der Waals surface area contributed by atoms with Crippen LogP contribution >= 0.6 is 15.9 Å². The molecular weight excluding hydrogens is 326 g/mol. The second kappa shape index (κ2) is 7.38. The fraction of sp³-hybridized carbons (Fsp3) is 0.235. The lowest BCUT2D eigenvalue weighted by Crippen LogP contribution is -2.28. The second-order valence-corrected chi connectivity index (χ2v) is 6.11. The van der Waals surface area contributed by atoms with E-state index < -0.39 is 0 Å². The predicted molar refractivity (Wildman–Crippen MR) is 91.3 cm³/mol. The van der Waals surface area contributed by atoms with Crippen LogP contribution in [0.4, 0.5) is 0 Å². The lowest BCUT2D eigenvalue weighted by atomic mass is 10.0. The molecule has 0 amide bonds. The smallest absolute Gasteiger partial charge is 0.0924 e. The summed E-state index contributed by atoms with van der Waals surface area (Å²) in [5.41, 5.74) is 8.06. The average Bonchev–Trinajstić information content (AvgIpc) is 2.48. The van der Waals surface area contributed by atoms with E-state index in [4.69, 9.17) is 11.1 Å². The van der Waals surface area contributed by atoms with Crippen molar-refractivity contribution in [3.63, 3.8) is 0 Å². The summed E-state index contributed by atoms with van der Waals surface area (Å²) in [6.45, 7) is 0.820. The van der Waals surface area contributed by atoms with Crippen molar-refractivity contribution in [1.29, 1.82) is 5.41 Å². The van der Waals surface area contributed by atoms with Crippen molar-refractivity contribution in [3.8, 4) is 0 Å². The summed E-state index contributed by atoms with van der Waals surface area (Å²) in [5, 5.41) is 7.62. The third-order valence-corrected chi connectivity index (χ3v) is 4.00. The van der Waals surface area contributed by atoms with Gasteiger partial charge in [0.05, 0.1) is 5.84 Å². The first-order valence-corrected chi connectivity index (χ1v) is 7.68. The van der Waals surface area contributed by atoms with Crippen LogP contribution < -0.4 is 5.73 Å². The van der Waals surface area contributed by atoms with Crippen molar-refractivity contribution in [2.45, 2.75) is 19.0 Å². The van der Waals surface area contributed by atoms with Gasteiger partial charge in [-0.2, -0.15) is 0 Å².